The van der Waals surface area contributed by atoms with Crippen molar-refractivity contribution in [2.24, 2.45) is 17.6 Å². The van der Waals surface area contributed by atoms with Gasteiger partial charge in [0.2, 0.25) is 11.6 Å². The first-order valence-corrected chi connectivity index (χ1v) is 15.8. The molecule has 6 unspecified atom stereocenters. The number of hydrogen-bond acceptors (Lipinski definition) is 10. The maximum absolute atomic E-state index is 13.8. The third kappa shape index (κ3) is 9.71. The maximum atomic E-state index is 13.8. The van der Waals surface area contributed by atoms with Crippen LogP contribution in [0.2, 0.25) is 0 Å². The van der Waals surface area contributed by atoms with Gasteiger partial charge in [0.05, 0.1) is 23.6 Å². The van der Waals surface area contributed by atoms with Gasteiger partial charge in [0.1, 0.15) is 6.10 Å². The van der Waals surface area contributed by atoms with E-state index in [-0.39, 0.29) is 47.1 Å². The van der Waals surface area contributed by atoms with E-state index >= 15 is 0 Å². The molecule has 6 atom stereocenters. The molecule has 3 aliphatic rings. The number of ether oxygens (including phenoxy) is 4. The van der Waals surface area contributed by atoms with Crippen LogP contribution in [0, 0.1) is 11.8 Å². The van der Waals surface area contributed by atoms with E-state index < -0.39 is 36.1 Å². The quantitative estimate of drug-likeness (QED) is 0.266. The van der Waals surface area contributed by atoms with Crippen molar-refractivity contribution in [1.82, 2.24) is 15.5 Å². The lowest BCUT2D eigenvalue weighted by molar-refractivity contribution is -0.120. The van der Waals surface area contributed by atoms with Gasteiger partial charge in [0.15, 0.2) is 6.10 Å². The van der Waals surface area contributed by atoms with Gasteiger partial charge in [-0.05, 0) is 57.7 Å². The van der Waals surface area contributed by atoms with Gasteiger partial charge >= 0.3 is 6.09 Å². The van der Waals surface area contributed by atoms with Gasteiger partial charge in [0, 0.05) is 57.6 Å². The summed E-state index contributed by atoms with van der Waals surface area (Å²) in [4.78, 5) is 54.5. The van der Waals surface area contributed by atoms with E-state index in [1.54, 1.807) is 39.4 Å². The standard InChI is InChI=1S/C34H50N4O8/c1-20-16-24-29(36-12-15-38-13-9-14-38)26(39)19-25(30(24)40)37-33(41)21(2)10-8-11-27(43-5)32(46-34(35)42)23(4)18-22(3)31(45-7)28(17-20)44-6/h8,10-11,18-20,22,27-28,31-32,36H,9,12-17H2,1-7H3,(H2,35,42)(H,37,41)/b11-8-,21-10-,23-18-. The predicted molar refractivity (Wildman–Crippen MR) is 173 cm³/mol. The Morgan fingerprint density at radius 2 is 1.80 bits per heavy atom. The number of nitrogens with one attached hydrogen (secondary N) is 2. The number of carbonyl (C=O) groups is 4. The van der Waals surface area contributed by atoms with Crippen LogP contribution in [0.1, 0.15) is 47.0 Å². The molecule has 2 heterocycles. The van der Waals surface area contributed by atoms with E-state index in [1.807, 2.05) is 26.8 Å². The smallest absolute Gasteiger partial charge is 0.405 e. The number of allylic oxidation sites excluding steroid dienone is 4. The van der Waals surface area contributed by atoms with E-state index in [0.717, 1.165) is 26.1 Å². The van der Waals surface area contributed by atoms with Crippen LogP contribution < -0.4 is 16.4 Å². The van der Waals surface area contributed by atoms with E-state index in [4.69, 9.17) is 24.7 Å². The molecular weight excluding hydrogens is 592 g/mol. The van der Waals surface area contributed by atoms with Crippen molar-refractivity contribution in [3.8, 4) is 0 Å². The lowest BCUT2D eigenvalue weighted by Gasteiger charge is -2.32. The van der Waals surface area contributed by atoms with Crippen LogP contribution in [0.25, 0.3) is 0 Å². The largest absolute Gasteiger partial charge is 0.439 e. The summed E-state index contributed by atoms with van der Waals surface area (Å²) < 4.78 is 22.9. The molecule has 4 N–H and O–H groups in total. The van der Waals surface area contributed by atoms with E-state index in [1.165, 1.54) is 13.2 Å². The molecule has 0 aromatic rings. The number of fused-ring (bicyclic) bond motifs is 2. The summed E-state index contributed by atoms with van der Waals surface area (Å²) in [6.45, 7) is 10.7. The fraction of sp³-hybridized carbons (Fsp3) is 0.588. The SMILES string of the molecule is COC1/C=C\C=C(\C)C(=O)NC2=CC(=O)C(NCCN3CCC3)=C(CC(C)CC(OC)C(OC)C(C)/C=C(/C)C1OC(N)=O)C2=O. The second kappa shape index (κ2) is 17.4. The monoisotopic (exact) mass is 642 g/mol. The maximum Gasteiger partial charge on any atom is 0.405 e. The molecule has 2 bridgehead atoms. The highest BCUT2D eigenvalue weighted by Crippen LogP contribution is 2.29. The highest BCUT2D eigenvalue weighted by molar-refractivity contribution is 6.23. The average molecular weight is 643 g/mol. The van der Waals surface area contributed by atoms with Crippen LogP contribution in [0.5, 0.6) is 0 Å². The van der Waals surface area contributed by atoms with Gasteiger partial charge in [-0.1, -0.05) is 38.2 Å². The molecule has 2 amide bonds. The molecule has 1 fully saturated rings. The average Bonchev–Trinajstić information content (AvgIpc) is 2.98. The summed E-state index contributed by atoms with van der Waals surface area (Å²) >= 11 is 0. The predicted octanol–water partition coefficient (Wildman–Crippen LogP) is 2.71. The minimum atomic E-state index is -0.959. The molecule has 1 aliphatic carbocycles. The number of ketones is 2. The summed E-state index contributed by atoms with van der Waals surface area (Å²) in [6, 6.07) is 0. The molecule has 254 valence electrons. The van der Waals surface area contributed by atoms with Gasteiger partial charge in [0.25, 0.3) is 5.91 Å². The van der Waals surface area contributed by atoms with Crippen molar-refractivity contribution >= 4 is 23.6 Å². The number of carbonyl (C=O) groups excluding carboxylic acids is 4. The van der Waals surface area contributed by atoms with Crippen LogP contribution in [0.3, 0.4) is 0 Å². The Hall–Kier alpha value is -3.58. The molecule has 1 saturated heterocycles. The number of likely N-dealkylation sites (tertiary alicyclic amines) is 1. The number of hydrogen-bond donors (Lipinski definition) is 3. The molecule has 0 radical (unpaired) electrons. The first kappa shape index (κ1) is 36.9. The fourth-order valence-corrected chi connectivity index (χ4v) is 6.07. The Bertz CT molecular complexity index is 1300. The summed E-state index contributed by atoms with van der Waals surface area (Å²) in [6.07, 6.45) is 6.53. The van der Waals surface area contributed by atoms with Crippen molar-refractivity contribution < 1.29 is 38.1 Å². The minimum Gasteiger partial charge on any atom is -0.439 e. The van der Waals surface area contributed by atoms with Gasteiger partial charge in [-0.25, -0.2) is 4.79 Å². The van der Waals surface area contributed by atoms with Crippen LogP contribution in [0.15, 0.2) is 58.5 Å². The van der Waals surface area contributed by atoms with Gasteiger partial charge in [-0.2, -0.15) is 0 Å². The van der Waals surface area contributed by atoms with Crippen molar-refractivity contribution in [3.05, 3.63) is 58.5 Å². The molecular formula is C34H50N4O8. The number of nitrogens with two attached hydrogens (primary N) is 1. The number of rotatable bonds is 8. The summed E-state index contributed by atoms with van der Waals surface area (Å²) in [5.74, 6) is -1.60. The first-order chi connectivity index (χ1) is 21.9. The van der Waals surface area contributed by atoms with Gasteiger partial charge < -0.3 is 40.2 Å². The Kier molecular flexibility index (Phi) is 13.9. The van der Waals surface area contributed by atoms with E-state index in [0.29, 0.717) is 24.1 Å². The van der Waals surface area contributed by atoms with Crippen molar-refractivity contribution in [3.63, 3.8) is 0 Å². The van der Waals surface area contributed by atoms with Gasteiger partial charge in [-0.15, -0.1) is 0 Å². The zero-order chi connectivity index (χ0) is 34.0. The van der Waals surface area contributed by atoms with Crippen molar-refractivity contribution in [2.45, 2.75) is 71.4 Å². The number of amides is 2. The number of Topliss-reactive ketones (excluding diaryl/α,β-unsaturated/α-hetero) is 1. The number of methoxy groups -OCH3 is 3. The summed E-state index contributed by atoms with van der Waals surface area (Å²) in [7, 11) is 4.69. The zero-order valence-corrected chi connectivity index (χ0v) is 28.1. The third-order valence-corrected chi connectivity index (χ3v) is 8.71. The second-order valence-corrected chi connectivity index (χ2v) is 12.3. The Labute approximate surface area is 272 Å². The van der Waals surface area contributed by atoms with E-state index in [2.05, 4.69) is 15.5 Å². The molecule has 3 rings (SSSR count). The Morgan fingerprint density at radius 3 is 2.39 bits per heavy atom. The minimum absolute atomic E-state index is 0.0728. The van der Waals surface area contributed by atoms with E-state index in [9.17, 15) is 19.2 Å². The molecule has 12 nitrogen and oxygen atoms in total. The fourth-order valence-electron chi connectivity index (χ4n) is 6.07. The lowest BCUT2D eigenvalue weighted by Crippen LogP contribution is -2.43. The highest BCUT2D eigenvalue weighted by atomic mass is 16.6. The Balaban J connectivity index is 2.04. The number of nitrogens with zero attached hydrogens (tertiary/aromatic N) is 1. The lowest BCUT2D eigenvalue weighted by atomic mass is 9.85. The van der Waals surface area contributed by atoms with Crippen molar-refractivity contribution in [1.29, 1.82) is 0 Å². The second-order valence-electron chi connectivity index (χ2n) is 12.3. The van der Waals surface area contributed by atoms with Crippen LogP contribution in [-0.2, 0) is 33.3 Å². The van der Waals surface area contributed by atoms with Crippen LogP contribution >= 0.6 is 0 Å². The molecule has 0 saturated carbocycles. The Morgan fingerprint density at radius 1 is 1.09 bits per heavy atom. The molecule has 0 aromatic heterocycles. The molecule has 0 aromatic carbocycles. The summed E-state index contributed by atoms with van der Waals surface area (Å²) in [5, 5.41) is 5.86. The zero-order valence-electron chi connectivity index (χ0n) is 28.1. The molecule has 2 aliphatic heterocycles. The van der Waals surface area contributed by atoms with Gasteiger partial charge in [-0.3, -0.25) is 14.4 Å². The van der Waals surface area contributed by atoms with Crippen LogP contribution in [-0.4, -0.2) is 100 Å². The topological polar surface area (TPSA) is 159 Å². The third-order valence-electron chi connectivity index (χ3n) is 8.71. The highest BCUT2D eigenvalue weighted by Gasteiger charge is 2.34. The van der Waals surface area contributed by atoms with Crippen molar-refractivity contribution in [2.75, 3.05) is 47.5 Å². The normalized spacial score (nSPS) is 31.9. The van der Waals surface area contributed by atoms with Crippen LogP contribution in [0.4, 0.5) is 4.79 Å². The molecule has 46 heavy (non-hydrogen) atoms. The first-order valence-electron chi connectivity index (χ1n) is 15.8. The molecule has 0 spiro atoms. The number of primary amides is 1. The molecule has 12 heteroatoms. The summed E-state index contributed by atoms with van der Waals surface area (Å²) in [5.41, 5.74) is 6.91.